The predicted molar refractivity (Wildman–Crippen MR) is 118 cm³/mol. The van der Waals surface area contributed by atoms with Gasteiger partial charge in [0.15, 0.2) is 5.58 Å². The molecule has 0 saturated carbocycles. The number of hydrogen-bond acceptors (Lipinski definition) is 4. The minimum absolute atomic E-state index is 0.565. The fourth-order valence-electron chi connectivity index (χ4n) is 3.70. The fourth-order valence-corrected chi connectivity index (χ4v) is 3.70. The van der Waals surface area contributed by atoms with E-state index in [4.69, 9.17) is 9.63 Å². The highest BCUT2D eigenvalue weighted by atomic mass is 16.5. The van der Waals surface area contributed by atoms with Crippen LogP contribution in [0.2, 0.25) is 0 Å². The van der Waals surface area contributed by atoms with E-state index in [1.54, 1.807) is 0 Å². The van der Waals surface area contributed by atoms with E-state index in [0.717, 1.165) is 48.8 Å². The van der Waals surface area contributed by atoms with Crippen LogP contribution in [0, 0.1) is 12.8 Å². The number of likely N-dealkylation sites (tertiary alicyclic amines) is 1. The number of nitrogens with zero attached hydrogens (tertiary/aromatic N) is 2. The minimum atomic E-state index is -0.801. The highest BCUT2D eigenvalue weighted by Crippen LogP contribution is 2.28. The highest BCUT2D eigenvalue weighted by Gasteiger charge is 2.23. The lowest BCUT2D eigenvalue weighted by Crippen LogP contribution is -2.37. The molecule has 0 spiro atoms. The average molecular weight is 402 g/mol. The Labute approximate surface area is 173 Å². The van der Waals surface area contributed by atoms with E-state index in [1.807, 2.05) is 14.1 Å². The van der Waals surface area contributed by atoms with Crippen molar-refractivity contribution in [3.63, 3.8) is 0 Å². The first-order chi connectivity index (χ1) is 13.9. The van der Waals surface area contributed by atoms with Crippen LogP contribution in [0.5, 0.6) is 0 Å². The number of amides is 1. The van der Waals surface area contributed by atoms with Gasteiger partial charge in [-0.25, -0.2) is 4.79 Å². The zero-order valence-electron chi connectivity index (χ0n) is 18.4. The molecule has 0 radical (unpaired) electrons. The van der Waals surface area contributed by atoms with Crippen LogP contribution in [0.25, 0.3) is 11.0 Å². The molecule has 3 rings (SSSR count). The van der Waals surface area contributed by atoms with E-state index in [2.05, 4.69) is 49.5 Å². The highest BCUT2D eigenvalue weighted by molar-refractivity contribution is 5.83. The summed E-state index contributed by atoms with van der Waals surface area (Å²) < 4.78 is 5.66. The van der Waals surface area contributed by atoms with E-state index in [1.165, 1.54) is 21.6 Å². The molecule has 0 bridgehead atoms. The molecule has 1 saturated heterocycles. The van der Waals surface area contributed by atoms with Crippen molar-refractivity contribution in [2.24, 2.45) is 5.92 Å². The van der Waals surface area contributed by atoms with Crippen molar-refractivity contribution in [3.05, 3.63) is 40.6 Å². The number of carboxylic acid groups (broad SMARTS) is 1. The Hall–Kier alpha value is -2.34. The standard InChI is InChI=1S/C21H28N2O3.C2H7N/c1-14(2)4-6-17-7-8-18-19(22-26-20(18)15(17)3)9-5-16-10-12-23(13-11-16)21(24)25;1-3-2/h4,7-8,16H,5-6,9-13H2,1-3H3,(H,24,25);3H,1-2H3. The van der Waals surface area contributed by atoms with Gasteiger partial charge in [-0.15, -0.1) is 0 Å². The molecule has 0 unspecified atom stereocenters. The van der Waals surface area contributed by atoms with E-state index in [-0.39, 0.29) is 0 Å². The fraction of sp³-hybridized carbons (Fsp3) is 0.565. The van der Waals surface area contributed by atoms with Crippen molar-refractivity contribution in [3.8, 4) is 0 Å². The van der Waals surface area contributed by atoms with Gasteiger partial charge in [-0.2, -0.15) is 0 Å². The number of allylic oxidation sites excluding steroid dienone is 2. The van der Waals surface area contributed by atoms with Gasteiger partial charge in [0.25, 0.3) is 0 Å². The maximum absolute atomic E-state index is 11.0. The van der Waals surface area contributed by atoms with Crippen LogP contribution in [-0.2, 0) is 12.8 Å². The van der Waals surface area contributed by atoms with Crippen molar-refractivity contribution < 1.29 is 14.4 Å². The molecule has 2 N–H and O–H groups in total. The number of fused-ring (bicyclic) bond motifs is 1. The van der Waals surface area contributed by atoms with Crippen molar-refractivity contribution in [1.82, 2.24) is 15.4 Å². The Bertz CT molecular complexity index is 829. The summed E-state index contributed by atoms with van der Waals surface area (Å²) in [6, 6.07) is 4.32. The molecular formula is C23H35N3O3. The molecular weight excluding hydrogens is 366 g/mol. The van der Waals surface area contributed by atoms with Gasteiger partial charge in [-0.05, 0) is 90.1 Å². The number of benzene rings is 1. The summed E-state index contributed by atoms with van der Waals surface area (Å²) in [6.45, 7) is 7.62. The second kappa shape index (κ2) is 11.0. The first kappa shape index (κ1) is 22.9. The summed E-state index contributed by atoms with van der Waals surface area (Å²) in [5.74, 6) is 0.565. The Kier molecular flexibility index (Phi) is 8.70. The van der Waals surface area contributed by atoms with Crippen LogP contribution in [-0.4, -0.2) is 48.4 Å². The van der Waals surface area contributed by atoms with Gasteiger partial charge in [-0.3, -0.25) is 0 Å². The third kappa shape index (κ3) is 6.32. The molecule has 2 heterocycles. The Morgan fingerprint density at radius 2 is 1.97 bits per heavy atom. The van der Waals surface area contributed by atoms with Crippen LogP contribution in [0.4, 0.5) is 4.79 Å². The molecule has 0 aliphatic carbocycles. The first-order valence-corrected chi connectivity index (χ1v) is 10.4. The average Bonchev–Trinajstić information content (AvgIpc) is 3.10. The van der Waals surface area contributed by atoms with Crippen LogP contribution in [0.3, 0.4) is 0 Å². The summed E-state index contributed by atoms with van der Waals surface area (Å²) in [5.41, 5.74) is 5.70. The number of aryl methyl sites for hydroxylation is 2. The van der Waals surface area contributed by atoms with Crippen molar-refractivity contribution in [2.45, 2.75) is 52.9 Å². The van der Waals surface area contributed by atoms with E-state index in [9.17, 15) is 4.79 Å². The summed E-state index contributed by atoms with van der Waals surface area (Å²) in [6.07, 6.45) is 6.15. The van der Waals surface area contributed by atoms with Crippen LogP contribution in [0.1, 0.15) is 49.9 Å². The molecule has 2 aromatic rings. The van der Waals surface area contributed by atoms with Gasteiger partial charge in [-0.1, -0.05) is 22.9 Å². The van der Waals surface area contributed by atoms with Crippen molar-refractivity contribution in [1.29, 1.82) is 0 Å². The van der Waals surface area contributed by atoms with Gasteiger partial charge in [0.05, 0.1) is 5.69 Å². The third-order valence-electron chi connectivity index (χ3n) is 5.48. The minimum Gasteiger partial charge on any atom is -0.465 e. The second-order valence-corrected chi connectivity index (χ2v) is 8.09. The molecule has 0 atom stereocenters. The normalized spacial score (nSPS) is 14.4. The van der Waals surface area contributed by atoms with E-state index >= 15 is 0 Å². The smallest absolute Gasteiger partial charge is 0.407 e. The lowest BCUT2D eigenvalue weighted by atomic mass is 9.91. The Morgan fingerprint density at radius 3 is 2.55 bits per heavy atom. The summed E-state index contributed by atoms with van der Waals surface area (Å²) in [5, 5.41) is 17.2. The lowest BCUT2D eigenvalue weighted by Gasteiger charge is -2.29. The molecule has 29 heavy (non-hydrogen) atoms. The molecule has 1 amide bonds. The molecule has 6 heteroatoms. The van der Waals surface area contributed by atoms with E-state index < -0.39 is 6.09 Å². The molecule has 1 aliphatic heterocycles. The Morgan fingerprint density at radius 1 is 1.31 bits per heavy atom. The van der Waals surface area contributed by atoms with Gasteiger partial charge in [0.1, 0.15) is 0 Å². The van der Waals surface area contributed by atoms with Gasteiger partial charge in [0, 0.05) is 18.5 Å². The maximum atomic E-state index is 11.0. The lowest BCUT2D eigenvalue weighted by molar-refractivity contribution is 0.123. The number of piperidine rings is 1. The van der Waals surface area contributed by atoms with Crippen LogP contribution < -0.4 is 5.32 Å². The van der Waals surface area contributed by atoms with E-state index in [0.29, 0.717) is 19.0 Å². The number of aromatic nitrogens is 1. The molecule has 1 aliphatic rings. The maximum Gasteiger partial charge on any atom is 0.407 e. The largest absolute Gasteiger partial charge is 0.465 e. The quantitative estimate of drug-likeness (QED) is 0.704. The molecule has 6 nitrogen and oxygen atoms in total. The predicted octanol–water partition coefficient (Wildman–Crippen LogP) is 4.80. The Balaban J connectivity index is 0.000000941. The zero-order valence-corrected chi connectivity index (χ0v) is 18.4. The molecule has 1 aromatic heterocycles. The van der Waals surface area contributed by atoms with Crippen molar-refractivity contribution in [2.75, 3.05) is 27.2 Å². The summed E-state index contributed by atoms with van der Waals surface area (Å²) in [4.78, 5) is 12.5. The van der Waals surface area contributed by atoms with Gasteiger partial charge in [0.2, 0.25) is 0 Å². The SMILES string of the molecule is CC(C)=CCc1ccc2c(CCC3CCN(C(=O)O)CC3)noc2c1C.CNC. The summed E-state index contributed by atoms with van der Waals surface area (Å²) in [7, 11) is 3.75. The van der Waals surface area contributed by atoms with Crippen LogP contribution >= 0.6 is 0 Å². The number of rotatable bonds is 5. The van der Waals surface area contributed by atoms with Crippen molar-refractivity contribution >= 4 is 17.1 Å². The second-order valence-electron chi connectivity index (χ2n) is 8.09. The molecule has 1 fully saturated rings. The monoisotopic (exact) mass is 401 g/mol. The topological polar surface area (TPSA) is 78.6 Å². The number of carbonyl (C=O) groups is 1. The molecule has 1 aromatic carbocycles. The zero-order chi connectivity index (χ0) is 21.4. The number of hydrogen-bond donors (Lipinski definition) is 2. The third-order valence-corrected chi connectivity index (χ3v) is 5.48. The van der Waals surface area contributed by atoms with Crippen LogP contribution in [0.15, 0.2) is 28.3 Å². The number of nitrogens with one attached hydrogen (secondary N) is 1. The summed E-state index contributed by atoms with van der Waals surface area (Å²) >= 11 is 0. The first-order valence-electron chi connectivity index (χ1n) is 10.4. The van der Waals surface area contributed by atoms with Gasteiger partial charge >= 0.3 is 6.09 Å². The molecule has 160 valence electrons. The van der Waals surface area contributed by atoms with Gasteiger partial charge < -0.3 is 19.8 Å².